The summed E-state index contributed by atoms with van der Waals surface area (Å²) in [5.41, 5.74) is 2.39. The van der Waals surface area contributed by atoms with Gasteiger partial charge in [0.05, 0.1) is 0 Å². The lowest BCUT2D eigenvalue weighted by atomic mass is 10.1. The minimum atomic E-state index is -0.140. The molecule has 0 radical (unpaired) electrons. The van der Waals surface area contributed by atoms with Gasteiger partial charge in [-0.15, -0.1) is 0 Å². The smallest absolute Gasteiger partial charge is 0.251 e. The minimum Gasteiger partial charge on any atom is -0.350 e. The largest absolute Gasteiger partial charge is 0.350 e. The van der Waals surface area contributed by atoms with E-state index in [0.717, 1.165) is 5.56 Å². The second-order valence-electron chi connectivity index (χ2n) is 6.19. The molecular weight excluding hydrogens is 346 g/mol. The van der Waals surface area contributed by atoms with E-state index in [1.807, 2.05) is 44.2 Å². The van der Waals surface area contributed by atoms with Crippen molar-refractivity contribution in [2.24, 2.45) is 0 Å². The Kier molecular flexibility index (Phi) is 7.29. The zero-order valence-electron chi connectivity index (χ0n) is 14.9. The third-order valence-corrected chi connectivity index (χ3v) is 3.77. The first-order valence-electron chi connectivity index (χ1n) is 8.49. The molecule has 0 atom stereocenters. The third-order valence-electron chi connectivity index (χ3n) is 3.56. The number of benzene rings is 2. The van der Waals surface area contributed by atoms with Crippen LogP contribution in [0.15, 0.2) is 54.6 Å². The van der Waals surface area contributed by atoms with Crippen molar-refractivity contribution in [3.8, 4) is 0 Å². The number of amides is 2. The van der Waals surface area contributed by atoms with E-state index in [1.165, 1.54) is 0 Å². The van der Waals surface area contributed by atoms with Crippen LogP contribution in [0.2, 0.25) is 0 Å². The van der Waals surface area contributed by atoms with Gasteiger partial charge < -0.3 is 16.0 Å². The van der Waals surface area contributed by atoms with E-state index in [0.29, 0.717) is 24.1 Å². The highest BCUT2D eigenvalue weighted by molar-refractivity contribution is 7.80. The Morgan fingerprint density at radius 1 is 1.00 bits per heavy atom. The van der Waals surface area contributed by atoms with Gasteiger partial charge in [-0.25, -0.2) is 0 Å². The van der Waals surface area contributed by atoms with Crippen molar-refractivity contribution in [3.63, 3.8) is 0 Å². The molecule has 0 saturated carbocycles. The van der Waals surface area contributed by atoms with Gasteiger partial charge in [-0.05, 0) is 62.3 Å². The van der Waals surface area contributed by atoms with Gasteiger partial charge in [0.15, 0.2) is 5.11 Å². The molecule has 2 amide bonds. The molecule has 0 aliphatic rings. The molecule has 2 aromatic rings. The minimum absolute atomic E-state index is 0.0824. The van der Waals surface area contributed by atoms with E-state index in [9.17, 15) is 9.59 Å². The summed E-state index contributed by atoms with van der Waals surface area (Å²) in [5.74, 6) is -0.261. The molecule has 0 aromatic heterocycles. The van der Waals surface area contributed by atoms with E-state index >= 15 is 0 Å². The lowest BCUT2D eigenvalue weighted by molar-refractivity contribution is -0.119. The molecule has 3 N–H and O–H groups in total. The first kappa shape index (κ1) is 19.6. The highest BCUT2D eigenvalue weighted by Gasteiger charge is 2.08. The van der Waals surface area contributed by atoms with Crippen LogP contribution in [0.3, 0.4) is 0 Å². The van der Waals surface area contributed by atoms with E-state index in [4.69, 9.17) is 12.2 Å². The van der Waals surface area contributed by atoms with Crippen molar-refractivity contribution in [2.75, 3.05) is 5.32 Å². The molecular formula is C20H23N3O2S. The van der Waals surface area contributed by atoms with Gasteiger partial charge in [0.1, 0.15) is 0 Å². The highest BCUT2D eigenvalue weighted by Crippen LogP contribution is 2.10. The van der Waals surface area contributed by atoms with Crippen molar-refractivity contribution < 1.29 is 9.59 Å². The Morgan fingerprint density at radius 3 is 2.27 bits per heavy atom. The fraction of sp³-hybridized carbons (Fsp3) is 0.250. The fourth-order valence-electron chi connectivity index (χ4n) is 2.30. The van der Waals surface area contributed by atoms with Crippen LogP contribution in [0, 0.1) is 0 Å². The average molecular weight is 369 g/mol. The summed E-state index contributed by atoms with van der Waals surface area (Å²) in [6.07, 6.45) is 1.02. The second-order valence-corrected chi connectivity index (χ2v) is 6.60. The second kappa shape index (κ2) is 9.68. The highest BCUT2D eigenvalue weighted by atomic mass is 32.1. The standard InChI is InChI=1S/C20H23N3O2S/c1-14(2)21-19(25)16-9-11-17(12-10-16)22-20(26)23-18(24)13-8-15-6-4-3-5-7-15/h3-7,9-12,14H,8,13H2,1-2H3,(H,21,25)(H2,22,23,24,26). The summed E-state index contributed by atoms with van der Waals surface area (Å²) in [6, 6.07) is 16.8. The van der Waals surface area contributed by atoms with Gasteiger partial charge in [-0.1, -0.05) is 30.3 Å². The van der Waals surface area contributed by atoms with Crippen LogP contribution >= 0.6 is 12.2 Å². The molecule has 0 unspecified atom stereocenters. The Labute approximate surface area is 159 Å². The van der Waals surface area contributed by atoms with E-state index < -0.39 is 0 Å². The predicted molar refractivity (Wildman–Crippen MR) is 108 cm³/mol. The number of hydrogen-bond donors (Lipinski definition) is 3. The molecule has 136 valence electrons. The molecule has 0 fully saturated rings. The summed E-state index contributed by atoms with van der Waals surface area (Å²) in [6.45, 7) is 3.82. The molecule has 0 bridgehead atoms. The van der Waals surface area contributed by atoms with Crippen molar-refractivity contribution in [1.82, 2.24) is 10.6 Å². The monoisotopic (exact) mass is 369 g/mol. The van der Waals surface area contributed by atoms with Crippen molar-refractivity contribution in [2.45, 2.75) is 32.7 Å². The van der Waals surface area contributed by atoms with Gasteiger partial charge in [0.25, 0.3) is 5.91 Å². The fourth-order valence-corrected chi connectivity index (χ4v) is 2.54. The van der Waals surface area contributed by atoms with Gasteiger partial charge in [-0.2, -0.15) is 0 Å². The number of anilines is 1. The molecule has 5 nitrogen and oxygen atoms in total. The molecule has 0 aliphatic heterocycles. The molecule has 26 heavy (non-hydrogen) atoms. The van der Waals surface area contributed by atoms with E-state index in [-0.39, 0.29) is 23.0 Å². The van der Waals surface area contributed by atoms with Gasteiger partial charge in [0.2, 0.25) is 5.91 Å². The maximum Gasteiger partial charge on any atom is 0.251 e. The number of aryl methyl sites for hydroxylation is 1. The maximum absolute atomic E-state index is 12.0. The Balaban J connectivity index is 1.80. The van der Waals surface area contributed by atoms with Crippen LogP contribution in [0.5, 0.6) is 0 Å². The number of thiocarbonyl (C=S) groups is 1. The van der Waals surface area contributed by atoms with Crippen LogP contribution in [0.4, 0.5) is 5.69 Å². The van der Waals surface area contributed by atoms with Crippen LogP contribution in [0.25, 0.3) is 0 Å². The van der Waals surface area contributed by atoms with Crippen molar-refractivity contribution in [1.29, 1.82) is 0 Å². The summed E-state index contributed by atoms with van der Waals surface area (Å²) in [7, 11) is 0. The van der Waals surface area contributed by atoms with Gasteiger partial charge in [-0.3, -0.25) is 9.59 Å². The quantitative estimate of drug-likeness (QED) is 0.684. The number of carbonyl (C=O) groups excluding carboxylic acids is 2. The van der Waals surface area contributed by atoms with Crippen molar-refractivity contribution >= 4 is 34.8 Å². The average Bonchev–Trinajstić information content (AvgIpc) is 2.61. The van der Waals surface area contributed by atoms with Crippen LogP contribution in [0.1, 0.15) is 36.2 Å². The SMILES string of the molecule is CC(C)NC(=O)c1ccc(NC(=S)NC(=O)CCc2ccccc2)cc1. The molecule has 0 spiro atoms. The summed E-state index contributed by atoms with van der Waals surface area (Å²) in [5, 5.41) is 8.68. The van der Waals surface area contributed by atoms with Gasteiger partial charge >= 0.3 is 0 Å². The topological polar surface area (TPSA) is 70.2 Å². The number of nitrogens with one attached hydrogen (secondary N) is 3. The molecule has 0 heterocycles. The summed E-state index contributed by atoms with van der Waals surface area (Å²) >= 11 is 5.16. The lowest BCUT2D eigenvalue weighted by Crippen LogP contribution is -2.34. The Bertz CT molecular complexity index is 758. The molecule has 2 aromatic carbocycles. The summed E-state index contributed by atoms with van der Waals surface area (Å²) < 4.78 is 0. The summed E-state index contributed by atoms with van der Waals surface area (Å²) in [4.78, 5) is 23.9. The van der Waals surface area contributed by atoms with E-state index in [1.54, 1.807) is 24.3 Å². The first-order chi connectivity index (χ1) is 12.4. The number of rotatable bonds is 6. The molecule has 0 saturated heterocycles. The van der Waals surface area contributed by atoms with Crippen molar-refractivity contribution in [3.05, 3.63) is 65.7 Å². The number of carbonyl (C=O) groups is 2. The van der Waals surface area contributed by atoms with E-state index in [2.05, 4.69) is 16.0 Å². The van der Waals surface area contributed by atoms with Crippen LogP contribution in [-0.4, -0.2) is 23.0 Å². The van der Waals surface area contributed by atoms with Crippen LogP contribution < -0.4 is 16.0 Å². The third kappa shape index (κ3) is 6.64. The molecule has 0 aliphatic carbocycles. The first-order valence-corrected chi connectivity index (χ1v) is 8.90. The van der Waals surface area contributed by atoms with Gasteiger partial charge in [0, 0.05) is 23.7 Å². The number of hydrogen-bond acceptors (Lipinski definition) is 3. The Morgan fingerprint density at radius 2 is 1.65 bits per heavy atom. The lowest BCUT2D eigenvalue weighted by Gasteiger charge is -2.11. The molecule has 6 heteroatoms. The zero-order chi connectivity index (χ0) is 18.9. The zero-order valence-corrected chi connectivity index (χ0v) is 15.7. The normalized spacial score (nSPS) is 10.3. The Hall–Kier alpha value is -2.73. The van der Waals surface area contributed by atoms with Crippen LogP contribution in [-0.2, 0) is 11.2 Å². The maximum atomic E-state index is 12.0. The molecule has 2 rings (SSSR count). The predicted octanol–water partition coefficient (Wildman–Crippen LogP) is 3.27.